The number of hydrogen-bond acceptors (Lipinski definition) is 3. The van der Waals surface area contributed by atoms with Gasteiger partial charge in [0, 0.05) is 31.7 Å². The summed E-state index contributed by atoms with van der Waals surface area (Å²) < 4.78 is 0. The highest BCUT2D eigenvalue weighted by atomic mass is 35.5. The summed E-state index contributed by atoms with van der Waals surface area (Å²) in [5.41, 5.74) is 0.179. The quantitative estimate of drug-likeness (QED) is 0.359. The van der Waals surface area contributed by atoms with Gasteiger partial charge < -0.3 is 10.2 Å². The zero-order valence-electron chi connectivity index (χ0n) is 10.8. The van der Waals surface area contributed by atoms with E-state index in [1.54, 1.807) is 6.20 Å². The molecule has 1 rings (SSSR count). The predicted octanol–water partition coefficient (Wildman–Crippen LogP) is 1.87. The normalized spacial score (nSPS) is 20.4. The first kappa shape index (κ1) is 14.8. The summed E-state index contributed by atoms with van der Waals surface area (Å²) in [6.07, 6.45) is 4.73. The summed E-state index contributed by atoms with van der Waals surface area (Å²) >= 11 is 5.53. The van der Waals surface area contributed by atoms with Gasteiger partial charge in [-0.05, 0) is 25.2 Å². The van der Waals surface area contributed by atoms with Gasteiger partial charge in [-0.3, -0.25) is 4.79 Å². The molecule has 1 amide bonds. The Hall–Kier alpha value is -1.21. The molecule has 18 heavy (non-hydrogen) atoms. The van der Waals surface area contributed by atoms with E-state index in [0.717, 1.165) is 19.5 Å². The highest BCUT2D eigenvalue weighted by molar-refractivity contribution is 6.17. The fourth-order valence-corrected chi connectivity index (χ4v) is 2.16. The van der Waals surface area contributed by atoms with Gasteiger partial charge in [0.1, 0.15) is 11.6 Å². The molecule has 1 N–H and O–H groups in total. The molecule has 1 aliphatic rings. The molecule has 1 saturated heterocycles. The first-order valence-corrected chi connectivity index (χ1v) is 6.91. The zero-order valence-corrected chi connectivity index (χ0v) is 11.5. The molecule has 0 aromatic carbocycles. The van der Waals surface area contributed by atoms with Crippen LogP contribution in [0.15, 0.2) is 11.8 Å². The number of halogens is 1. The molecule has 1 heterocycles. The van der Waals surface area contributed by atoms with E-state index in [4.69, 9.17) is 16.9 Å². The number of nitriles is 1. The molecule has 0 aliphatic carbocycles. The van der Waals surface area contributed by atoms with E-state index in [1.165, 1.54) is 6.42 Å². The fourth-order valence-electron chi connectivity index (χ4n) is 2.03. The maximum absolute atomic E-state index is 11.7. The molecule has 1 aliphatic heterocycles. The standard InChI is InChI=1S/C13H20ClN3O/c1-11-4-2-7-17(9-11)10-12(8-15)13(18)16-6-3-5-14/h10-11H,2-7,9H2,1H3,(H,16,18)/b12-10-. The molecule has 1 fully saturated rings. The molecule has 100 valence electrons. The minimum Gasteiger partial charge on any atom is -0.376 e. The molecule has 5 heteroatoms. The van der Waals surface area contributed by atoms with Crippen molar-refractivity contribution in [3.05, 3.63) is 11.8 Å². The number of carbonyl (C=O) groups excluding carboxylic acids is 1. The van der Waals surface area contributed by atoms with Crippen molar-refractivity contribution in [3.8, 4) is 6.07 Å². The summed E-state index contributed by atoms with van der Waals surface area (Å²) in [5.74, 6) is 0.824. The molecule has 0 aromatic rings. The van der Waals surface area contributed by atoms with Crippen LogP contribution >= 0.6 is 11.6 Å². The molecular weight excluding hydrogens is 250 g/mol. The van der Waals surface area contributed by atoms with Gasteiger partial charge in [-0.25, -0.2) is 0 Å². The van der Waals surface area contributed by atoms with Crippen molar-refractivity contribution in [1.29, 1.82) is 5.26 Å². The molecule has 0 aromatic heterocycles. The van der Waals surface area contributed by atoms with Gasteiger partial charge in [0.15, 0.2) is 0 Å². The van der Waals surface area contributed by atoms with Crippen LogP contribution in [0.4, 0.5) is 0 Å². The highest BCUT2D eigenvalue weighted by Crippen LogP contribution is 2.16. The van der Waals surface area contributed by atoms with Crippen LogP contribution in [0.1, 0.15) is 26.2 Å². The molecule has 1 unspecified atom stereocenters. The predicted molar refractivity (Wildman–Crippen MR) is 72.0 cm³/mol. The van der Waals surface area contributed by atoms with Crippen LogP contribution in [0.2, 0.25) is 0 Å². The topological polar surface area (TPSA) is 56.1 Å². The second kappa shape index (κ2) is 7.99. The Bertz CT molecular complexity index is 349. The maximum Gasteiger partial charge on any atom is 0.263 e. The molecule has 0 bridgehead atoms. The van der Waals surface area contributed by atoms with Gasteiger partial charge in [0.2, 0.25) is 0 Å². The molecular formula is C13H20ClN3O. The second-order valence-corrected chi connectivity index (χ2v) is 5.07. The summed E-state index contributed by atoms with van der Waals surface area (Å²) in [7, 11) is 0. The van der Waals surface area contributed by atoms with Crippen LogP contribution in [-0.2, 0) is 4.79 Å². The van der Waals surface area contributed by atoms with Gasteiger partial charge in [-0.15, -0.1) is 11.6 Å². The van der Waals surface area contributed by atoms with E-state index in [9.17, 15) is 4.79 Å². The number of rotatable bonds is 5. The third kappa shape index (κ3) is 4.97. The Morgan fingerprint density at radius 3 is 3.06 bits per heavy atom. The van der Waals surface area contributed by atoms with Crippen LogP contribution in [0.3, 0.4) is 0 Å². The first-order chi connectivity index (χ1) is 8.67. The van der Waals surface area contributed by atoms with Crippen LogP contribution in [0.5, 0.6) is 0 Å². The molecule has 1 atom stereocenters. The number of amides is 1. The SMILES string of the molecule is CC1CCCN(/C=C(/C#N)C(=O)NCCCCl)C1. The number of hydrogen-bond donors (Lipinski definition) is 1. The number of carbonyl (C=O) groups is 1. The van der Waals surface area contributed by atoms with Crippen molar-refractivity contribution in [2.45, 2.75) is 26.2 Å². The fraction of sp³-hybridized carbons (Fsp3) is 0.692. The average Bonchev–Trinajstić information content (AvgIpc) is 2.36. The van der Waals surface area contributed by atoms with Gasteiger partial charge in [0.25, 0.3) is 5.91 Å². The third-order valence-corrected chi connectivity index (χ3v) is 3.23. The van der Waals surface area contributed by atoms with Gasteiger partial charge in [-0.1, -0.05) is 6.92 Å². The Labute approximate surface area is 114 Å². The van der Waals surface area contributed by atoms with Crippen LogP contribution in [-0.4, -0.2) is 36.3 Å². The van der Waals surface area contributed by atoms with Crippen molar-refractivity contribution in [3.63, 3.8) is 0 Å². The van der Waals surface area contributed by atoms with E-state index in [1.807, 2.05) is 6.07 Å². The van der Waals surface area contributed by atoms with Crippen LogP contribution in [0.25, 0.3) is 0 Å². The zero-order chi connectivity index (χ0) is 13.4. The van der Waals surface area contributed by atoms with E-state index < -0.39 is 0 Å². The molecule has 0 spiro atoms. The smallest absolute Gasteiger partial charge is 0.263 e. The number of nitrogens with one attached hydrogen (secondary N) is 1. The average molecular weight is 270 g/mol. The summed E-state index contributed by atoms with van der Waals surface area (Å²) in [4.78, 5) is 13.8. The number of piperidine rings is 1. The first-order valence-electron chi connectivity index (χ1n) is 6.37. The van der Waals surface area contributed by atoms with Crippen molar-refractivity contribution in [1.82, 2.24) is 10.2 Å². The molecule has 0 saturated carbocycles. The lowest BCUT2D eigenvalue weighted by Gasteiger charge is -2.29. The van der Waals surface area contributed by atoms with Crippen molar-refractivity contribution >= 4 is 17.5 Å². The lowest BCUT2D eigenvalue weighted by molar-refractivity contribution is -0.117. The third-order valence-electron chi connectivity index (χ3n) is 2.96. The van der Waals surface area contributed by atoms with Crippen molar-refractivity contribution < 1.29 is 4.79 Å². The monoisotopic (exact) mass is 269 g/mol. The summed E-state index contributed by atoms with van der Waals surface area (Å²) in [5, 5.41) is 11.7. The molecule has 0 radical (unpaired) electrons. The van der Waals surface area contributed by atoms with Crippen molar-refractivity contribution in [2.75, 3.05) is 25.5 Å². The number of nitrogens with zero attached hydrogens (tertiary/aromatic N) is 2. The van der Waals surface area contributed by atoms with E-state index in [-0.39, 0.29) is 11.5 Å². The lowest BCUT2D eigenvalue weighted by Crippen LogP contribution is -2.32. The van der Waals surface area contributed by atoms with Crippen LogP contribution in [0, 0.1) is 17.2 Å². The largest absolute Gasteiger partial charge is 0.376 e. The van der Waals surface area contributed by atoms with Crippen molar-refractivity contribution in [2.24, 2.45) is 5.92 Å². The van der Waals surface area contributed by atoms with E-state index in [0.29, 0.717) is 24.8 Å². The Morgan fingerprint density at radius 2 is 2.44 bits per heavy atom. The molecule has 4 nitrogen and oxygen atoms in total. The number of alkyl halides is 1. The van der Waals surface area contributed by atoms with E-state index in [2.05, 4.69) is 17.1 Å². The minimum absolute atomic E-state index is 0.179. The Balaban J connectivity index is 2.53. The van der Waals surface area contributed by atoms with Gasteiger partial charge in [-0.2, -0.15) is 5.26 Å². The lowest BCUT2D eigenvalue weighted by atomic mass is 10.0. The van der Waals surface area contributed by atoms with Crippen LogP contribution < -0.4 is 5.32 Å². The second-order valence-electron chi connectivity index (χ2n) is 4.70. The Kier molecular flexibility index (Phi) is 6.59. The van der Waals surface area contributed by atoms with Gasteiger partial charge in [0.05, 0.1) is 0 Å². The van der Waals surface area contributed by atoms with Gasteiger partial charge >= 0.3 is 0 Å². The Morgan fingerprint density at radius 1 is 1.67 bits per heavy atom. The summed E-state index contributed by atoms with van der Waals surface area (Å²) in [6, 6.07) is 1.97. The highest BCUT2D eigenvalue weighted by Gasteiger charge is 2.16. The minimum atomic E-state index is -0.305. The van der Waals surface area contributed by atoms with E-state index >= 15 is 0 Å². The summed E-state index contributed by atoms with van der Waals surface area (Å²) in [6.45, 7) is 4.54. The maximum atomic E-state index is 11.7. The number of likely N-dealkylation sites (tertiary alicyclic amines) is 1.